The van der Waals surface area contributed by atoms with Gasteiger partial charge in [-0.25, -0.2) is 4.98 Å². The van der Waals surface area contributed by atoms with E-state index in [0.717, 1.165) is 46.2 Å². The van der Waals surface area contributed by atoms with Crippen LogP contribution in [-0.4, -0.2) is 42.7 Å². The van der Waals surface area contributed by atoms with Crippen molar-refractivity contribution in [2.24, 2.45) is 5.92 Å². The Morgan fingerprint density at radius 2 is 2.12 bits per heavy atom. The molecule has 9 nitrogen and oxygen atoms in total. The third kappa shape index (κ3) is 3.73. The molecule has 4 aromatic heterocycles. The second-order valence-corrected chi connectivity index (χ2v) is 8.01. The molecule has 0 unspecified atom stereocenters. The van der Waals surface area contributed by atoms with Gasteiger partial charge in [-0.3, -0.25) is 9.59 Å². The van der Waals surface area contributed by atoms with Gasteiger partial charge >= 0.3 is 0 Å². The van der Waals surface area contributed by atoms with Gasteiger partial charge in [0.05, 0.1) is 18.3 Å². The van der Waals surface area contributed by atoms with Crippen LogP contribution in [0.2, 0.25) is 0 Å². The van der Waals surface area contributed by atoms with Crippen LogP contribution in [-0.2, 0) is 16.1 Å². The van der Waals surface area contributed by atoms with Crippen LogP contribution in [0.3, 0.4) is 0 Å². The number of hydrogen-bond acceptors (Lipinski definition) is 5. The molecule has 5 rings (SSSR count). The normalized spacial score (nSPS) is 18.1. The number of nitrogens with one attached hydrogen (secondary N) is 3. The van der Waals surface area contributed by atoms with Crippen LogP contribution in [0.15, 0.2) is 55.5 Å². The molecule has 0 spiro atoms. The average Bonchev–Trinajstić information content (AvgIpc) is 3.55. The lowest BCUT2D eigenvalue weighted by Crippen LogP contribution is -2.33. The van der Waals surface area contributed by atoms with Crippen molar-refractivity contribution in [3.05, 3.63) is 61.2 Å². The molecule has 32 heavy (non-hydrogen) atoms. The summed E-state index contributed by atoms with van der Waals surface area (Å²) in [7, 11) is 0. The Balaban J connectivity index is 1.30. The van der Waals surface area contributed by atoms with Crippen LogP contribution in [0.1, 0.15) is 25.0 Å². The summed E-state index contributed by atoms with van der Waals surface area (Å²) in [4.78, 5) is 31.9. The summed E-state index contributed by atoms with van der Waals surface area (Å²) in [6.45, 7) is 3.85. The van der Waals surface area contributed by atoms with Gasteiger partial charge < -0.3 is 15.6 Å². The highest BCUT2D eigenvalue weighted by molar-refractivity contribution is 5.97. The summed E-state index contributed by atoms with van der Waals surface area (Å²) < 4.78 is 1.60. The fourth-order valence-corrected chi connectivity index (χ4v) is 4.39. The molecule has 4 heterocycles. The molecule has 1 aliphatic rings. The smallest absolute Gasteiger partial charge is 0.243 e. The van der Waals surface area contributed by atoms with Gasteiger partial charge in [-0.05, 0) is 55.2 Å². The maximum Gasteiger partial charge on any atom is 0.243 e. The average molecular weight is 429 g/mol. The number of rotatable bonds is 6. The van der Waals surface area contributed by atoms with E-state index in [4.69, 9.17) is 0 Å². The van der Waals surface area contributed by atoms with Crippen molar-refractivity contribution < 1.29 is 9.59 Å². The molecule has 2 amide bonds. The Labute approximate surface area is 183 Å². The zero-order valence-electron chi connectivity index (χ0n) is 17.4. The van der Waals surface area contributed by atoms with E-state index in [0.29, 0.717) is 13.0 Å². The molecule has 0 bridgehead atoms. The third-order valence-electron chi connectivity index (χ3n) is 5.97. The molecule has 0 radical (unpaired) electrons. The zero-order chi connectivity index (χ0) is 22.1. The van der Waals surface area contributed by atoms with Gasteiger partial charge in [0.15, 0.2) is 0 Å². The van der Waals surface area contributed by atoms with E-state index >= 15 is 0 Å². The molecule has 2 atom stereocenters. The predicted octanol–water partition coefficient (Wildman–Crippen LogP) is 2.36. The van der Waals surface area contributed by atoms with Crippen LogP contribution in [0.4, 0.5) is 0 Å². The van der Waals surface area contributed by atoms with E-state index in [1.165, 1.54) is 6.08 Å². The first-order valence-electron chi connectivity index (χ1n) is 10.6. The van der Waals surface area contributed by atoms with Crippen LogP contribution in [0.5, 0.6) is 0 Å². The summed E-state index contributed by atoms with van der Waals surface area (Å²) in [5.74, 6) is -0.297. The minimum absolute atomic E-state index is 0.000828. The second kappa shape index (κ2) is 8.26. The van der Waals surface area contributed by atoms with Gasteiger partial charge in [0.2, 0.25) is 11.8 Å². The minimum atomic E-state index is -0.195. The number of nitrogens with zero attached hydrogens (tertiary/aromatic N) is 4. The summed E-state index contributed by atoms with van der Waals surface area (Å²) in [6, 6.07) is 7.85. The molecule has 162 valence electrons. The van der Waals surface area contributed by atoms with Gasteiger partial charge in [-0.2, -0.15) is 14.8 Å². The predicted molar refractivity (Wildman–Crippen MR) is 119 cm³/mol. The quantitative estimate of drug-likeness (QED) is 0.407. The summed E-state index contributed by atoms with van der Waals surface area (Å²) in [5, 5.41) is 15.4. The number of pyridine rings is 1. The highest BCUT2D eigenvalue weighted by atomic mass is 16.2. The van der Waals surface area contributed by atoms with E-state index in [1.807, 2.05) is 24.3 Å². The molecule has 0 aliphatic heterocycles. The van der Waals surface area contributed by atoms with Crippen LogP contribution in [0, 0.1) is 5.92 Å². The zero-order valence-corrected chi connectivity index (χ0v) is 17.4. The Bertz CT molecular complexity index is 1320. The van der Waals surface area contributed by atoms with Gasteiger partial charge in [0, 0.05) is 41.0 Å². The monoisotopic (exact) mass is 429 g/mol. The lowest BCUT2D eigenvalue weighted by molar-refractivity contribution is -0.125. The first-order valence-corrected chi connectivity index (χ1v) is 10.6. The molecule has 0 saturated heterocycles. The topological polar surface area (TPSA) is 117 Å². The molecular formula is C23H23N7O2. The van der Waals surface area contributed by atoms with Crippen molar-refractivity contribution in [2.45, 2.75) is 31.8 Å². The van der Waals surface area contributed by atoms with Crippen molar-refractivity contribution in [1.82, 2.24) is 35.4 Å². The van der Waals surface area contributed by atoms with E-state index in [-0.39, 0.29) is 23.8 Å². The molecule has 3 N–H and O–H groups in total. The van der Waals surface area contributed by atoms with Crippen molar-refractivity contribution in [1.29, 1.82) is 0 Å². The maximum absolute atomic E-state index is 12.6. The first-order chi connectivity index (χ1) is 15.6. The van der Waals surface area contributed by atoms with Gasteiger partial charge in [0.25, 0.3) is 0 Å². The van der Waals surface area contributed by atoms with Crippen molar-refractivity contribution in [3.8, 4) is 11.1 Å². The molecule has 1 saturated carbocycles. The summed E-state index contributed by atoms with van der Waals surface area (Å²) >= 11 is 0. The van der Waals surface area contributed by atoms with Gasteiger partial charge in [-0.1, -0.05) is 6.58 Å². The van der Waals surface area contributed by atoms with E-state index in [1.54, 1.807) is 23.2 Å². The summed E-state index contributed by atoms with van der Waals surface area (Å²) in [6.07, 6.45) is 8.71. The minimum Gasteiger partial charge on any atom is -0.350 e. The highest BCUT2D eigenvalue weighted by Crippen LogP contribution is 2.31. The second-order valence-electron chi connectivity index (χ2n) is 8.01. The SMILES string of the molecule is C=CC(=O)N[C@@H]1CC[C@@H](C(=O)NCc2cc3c(-c4cnn5ncccc45)ccnc3[nH]2)C1. The molecule has 9 heteroatoms. The maximum atomic E-state index is 12.6. The van der Waals surface area contributed by atoms with E-state index in [2.05, 4.69) is 37.4 Å². The van der Waals surface area contributed by atoms with E-state index < -0.39 is 0 Å². The first kappa shape index (κ1) is 19.9. The van der Waals surface area contributed by atoms with Crippen molar-refractivity contribution >= 4 is 28.4 Å². The number of fused-ring (bicyclic) bond motifs is 2. The van der Waals surface area contributed by atoms with Crippen molar-refractivity contribution in [2.75, 3.05) is 0 Å². The molecule has 1 fully saturated rings. The number of H-pyrrole nitrogens is 1. The fraction of sp³-hybridized carbons (Fsp3) is 0.261. The highest BCUT2D eigenvalue weighted by Gasteiger charge is 2.30. The van der Waals surface area contributed by atoms with Crippen LogP contribution in [0.25, 0.3) is 27.7 Å². The van der Waals surface area contributed by atoms with Crippen LogP contribution < -0.4 is 10.6 Å². The Morgan fingerprint density at radius 1 is 1.22 bits per heavy atom. The number of amides is 2. The number of aromatic nitrogens is 5. The number of aromatic amines is 1. The Hall–Kier alpha value is -4.01. The summed E-state index contributed by atoms with van der Waals surface area (Å²) in [5.41, 5.74) is 4.51. The number of hydrogen-bond donors (Lipinski definition) is 3. The number of carbonyl (C=O) groups is 2. The largest absolute Gasteiger partial charge is 0.350 e. The lowest BCUT2D eigenvalue weighted by Gasteiger charge is -2.12. The third-order valence-corrected chi connectivity index (χ3v) is 5.97. The Morgan fingerprint density at radius 3 is 3.00 bits per heavy atom. The lowest BCUT2D eigenvalue weighted by atomic mass is 10.1. The standard InChI is InChI=1S/C23H23N7O2/c1-2-21(31)28-15-6-5-14(10-15)23(32)25-12-16-11-18-17(7-9-24-22(18)29-16)19-13-27-30-20(19)4-3-8-26-30/h2-4,7-9,11,13-15H,1,5-6,10,12H2,(H,24,29)(H,25,32)(H,28,31)/t14-,15-/m1/s1. The molecule has 4 aromatic rings. The molecule has 1 aliphatic carbocycles. The fourth-order valence-electron chi connectivity index (χ4n) is 4.39. The molecular weight excluding hydrogens is 406 g/mol. The molecule has 0 aromatic carbocycles. The van der Waals surface area contributed by atoms with Gasteiger partial charge in [-0.15, -0.1) is 0 Å². The van der Waals surface area contributed by atoms with Crippen molar-refractivity contribution in [3.63, 3.8) is 0 Å². The number of carbonyl (C=O) groups excluding carboxylic acids is 2. The Kier molecular flexibility index (Phi) is 5.14. The van der Waals surface area contributed by atoms with Crippen LogP contribution >= 0.6 is 0 Å². The van der Waals surface area contributed by atoms with Gasteiger partial charge in [0.1, 0.15) is 5.65 Å². The van der Waals surface area contributed by atoms with E-state index in [9.17, 15) is 9.59 Å².